The number of nitrogens with zero attached hydrogens (tertiary/aromatic N) is 2. The topological polar surface area (TPSA) is 48.9 Å². The molecule has 0 bridgehead atoms. The SMILES string of the molecule is CCOCCC1(CNC(=NC)NCC(C2CC2)N(C)C)CCCC1.I. The van der Waals surface area contributed by atoms with Crippen molar-refractivity contribution < 1.29 is 4.74 Å². The maximum atomic E-state index is 5.61. The summed E-state index contributed by atoms with van der Waals surface area (Å²) in [7, 11) is 6.24. The first-order valence-corrected chi connectivity index (χ1v) is 9.79. The Kier molecular flexibility index (Phi) is 10.6. The maximum absolute atomic E-state index is 5.61. The van der Waals surface area contributed by atoms with Gasteiger partial charge in [-0.2, -0.15) is 0 Å². The Labute approximate surface area is 171 Å². The van der Waals surface area contributed by atoms with Crippen molar-refractivity contribution in [2.24, 2.45) is 16.3 Å². The van der Waals surface area contributed by atoms with Gasteiger partial charge < -0.3 is 20.3 Å². The number of aliphatic imine (C=N–C) groups is 1. The zero-order valence-corrected chi connectivity index (χ0v) is 19.0. The van der Waals surface area contributed by atoms with E-state index in [1.807, 2.05) is 7.05 Å². The highest BCUT2D eigenvalue weighted by Gasteiger charge is 2.34. The van der Waals surface area contributed by atoms with E-state index in [9.17, 15) is 0 Å². The molecule has 0 spiro atoms. The molecule has 5 nitrogen and oxygen atoms in total. The van der Waals surface area contributed by atoms with E-state index in [0.29, 0.717) is 11.5 Å². The molecule has 2 aliphatic rings. The van der Waals surface area contributed by atoms with Gasteiger partial charge in [-0.25, -0.2) is 0 Å². The molecule has 0 aromatic carbocycles. The van der Waals surface area contributed by atoms with Gasteiger partial charge in [-0.3, -0.25) is 4.99 Å². The molecule has 2 N–H and O–H groups in total. The summed E-state index contributed by atoms with van der Waals surface area (Å²) >= 11 is 0. The fourth-order valence-electron chi connectivity index (χ4n) is 4.02. The number of hydrogen-bond donors (Lipinski definition) is 2. The summed E-state index contributed by atoms with van der Waals surface area (Å²) in [6.45, 7) is 5.76. The monoisotopic (exact) mass is 466 g/mol. The van der Waals surface area contributed by atoms with Crippen molar-refractivity contribution >= 4 is 29.9 Å². The minimum absolute atomic E-state index is 0. The molecule has 6 heteroatoms. The highest BCUT2D eigenvalue weighted by molar-refractivity contribution is 14.0. The van der Waals surface area contributed by atoms with Crippen molar-refractivity contribution in [1.82, 2.24) is 15.5 Å². The number of nitrogens with one attached hydrogen (secondary N) is 2. The molecule has 2 aliphatic carbocycles. The Morgan fingerprint density at radius 1 is 1.24 bits per heavy atom. The molecular formula is C19H39IN4O. The van der Waals surface area contributed by atoms with Gasteiger partial charge in [-0.1, -0.05) is 12.8 Å². The first-order valence-electron chi connectivity index (χ1n) is 9.79. The Balaban J connectivity index is 0.00000312. The van der Waals surface area contributed by atoms with Crippen molar-refractivity contribution in [3.63, 3.8) is 0 Å². The largest absolute Gasteiger partial charge is 0.382 e. The van der Waals surface area contributed by atoms with Crippen LogP contribution in [-0.4, -0.2) is 64.3 Å². The lowest BCUT2D eigenvalue weighted by Gasteiger charge is -2.31. The lowest BCUT2D eigenvalue weighted by Crippen LogP contribution is -2.48. The van der Waals surface area contributed by atoms with Crippen LogP contribution in [0.3, 0.4) is 0 Å². The van der Waals surface area contributed by atoms with Gasteiger partial charge in [0.05, 0.1) is 0 Å². The third-order valence-corrected chi connectivity index (χ3v) is 5.81. The van der Waals surface area contributed by atoms with Crippen molar-refractivity contribution in [2.45, 2.75) is 57.9 Å². The molecule has 0 aromatic heterocycles. The predicted molar refractivity (Wildman–Crippen MR) is 117 cm³/mol. The Morgan fingerprint density at radius 3 is 2.44 bits per heavy atom. The molecule has 0 aliphatic heterocycles. The zero-order valence-electron chi connectivity index (χ0n) is 16.6. The summed E-state index contributed by atoms with van der Waals surface area (Å²) in [5, 5.41) is 7.14. The summed E-state index contributed by atoms with van der Waals surface area (Å²) < 4.78 is 5.61. The second-order valence-electron chi connectivity index (χ2n) is 7.83. The number of halogens is 1. The minimum Gasteiger partial charge on any atom is -0.382 e. The van der Waals surface area contributed by atoms with Crippen LogP contribution in [0, 0.1) is 11.3 Å². The summed E-state index contributed by atoms with van der Waals surface area (Å²) in [6.07, 6.45) is 9.23. The molecule has 0 heterocycles. The molecule has 148 valence electrons. The summed E-state index contributed by atoms with van der Waals surface area (Å²) in [5.74, 6) is 1.81. The number of rotatable bonds is 10. The van der Waals surface area contributed by atoms with Crippen LogP contribution in [0.1, 0.15) is 51.9 Å². The third-order valence-electron chi connectivity index (χ3n) is 5.81. The van der Waals surface area contributed by atoms with E-state index in [0.717, 1.165) is 44.6 Å². The van der Waals surface area contributed by atoms with Crippen LogP contribution in [-0.2, 0) is 4.74 Å². The quantitative estimate of drug-likeness (QED) is 0.225. The molecule has 2 saturated carbocycles. The van der Waals surface area contributed by atoms with Crippen molar-refractivity contribution in [3.8, 4) is 0 Å². The van der Waals surface area contributed by atoms with Gasteiger partial charge in [0.2, 0.25) is 0 Å². The van der Waals surface area contributed by atoms with E-state index < -0.39 is 0 Å². The fraction of sp³-hybridized carbons (Fsp3) is 0.947. The molecular weight excluding hydrogens is 427 g/mol. The van der Waals surface area contributed by atoms with Gasteiger partial charge in [0, 0.05) is 39.4 Å². The van der Waals surface area contributed by atoms with Crippen LogP contribution in [0.2, 0.25) is 0 Å². The maximum Gasteiger partial charge on any atom is 0.191 e. The third kappa shape index (κ3) is 7.59. The normalized spacial score (nSPS) is 21.1. The lowest BCUT2D eigenvalue weighted by atomic mass is 9.83. The Morgan fingerprint density at radius 2 is 1.92 bits per heavy atom. The Bertz CT molecular complexity index is 391. The Hall–Kier alpha value is -0.0800. The zero-order chi connectivity index (χ0) is 17.4. The predicted octanol–water partition coefficient (Wildman–Crippen LogP) is 3.10. The van der Waals surface area contributed by atoms with E-state index in [1.54, 1.807) is 0 Å². The van der Waals surface area contributed by atoms with E-state index in [-0.39, 0.29) is 24.0 Å². The van der Waals surface area contributed by atoms with E-state index in [4.69, 9.17) is 4.74 Å². The van der Waals surface area contributed by atoms with Crippen LogP contribution in [0.15, 0.2) is 4.99 Å². The van der Waals surface area contributed by atoms with Crippen LogP contribution < -0.4 is 10.6 Å². The smallest absolute Gasteiger partial charge is 0.191 e. The van der Waals surface area contributed by atoms with Crippen molar-refractivity contribution in [3.05, 3.63) is 0 Å². The summed E-state index contributed by atoms with van der Waals surface area (Å²) in [5.41, 5.74) is 0.393. The number of guanidine groups is 1. The molecule has 0 radical (unpaired) electrons. The average Bonchev–Trinajstić information content (AvgIpc) is 3.29. The van der Waals surface area contributed by atoms with Gasteiger partial charge >= 0.3 is 0 Å². The number of ether oxygens (including phenoxy) is 1. The fourth-order valence-corrected chi connectivity index (χ4v) is 4.02. The minimum atomic E-state index is 0. The molecule has 1 unspecified atom stereocenters. The second kappa shape index (κ2) is 11.6. The highest BCUT2D eigenvalue weighted by Crippen LogP contribution is 2.40. The van der Waals surface area contributed by atoms with Crippen LogP contribution in [0.4, 0.5) is 0 Å². The van der Waals surface area contributed by atoms with E-state index >= 15 is 0 Å². The van der Waals surface area contributed by atoms with Gasteiger partial charge in [-0.05, 0) is 64.5 Å². The highest BCUT2D eigenvalue weighted by atomic mass is 127. The molecule has 0 aromatic rings. The van der Waals surface area contributed by atoms with Gasteiger partial charge in [0.15, 0.2) is 5.96 Å². The van der Waals surface area contributed by atoms with E-state index in [1.165, 1.54) is 38.5 Å². The second-order valence-corrected chi connectivity index (χ2v) is 7.83. The van der Waals surface area contributed by atoms with Gasteiger partial charge in [-0.15, -0.1) is 24.0 Å². The average molecular weight is 466 g/mol. The molecule has 25 heavy (non-hydrogen) atoms. The van der Waals surface area contributed by atoms with Crippen LogP contribution in [0.25, 0.3) is 0 Å². The number of hydrogen-bond acceptors (Lipinski definition) is 3. The first kappa shape index (κ1) is 23.0. The summed E-state index contributed by atoms with van der Waals surface area (Å²) in [6, 6.07) is 0.613. The number of likely N-dealkylation sites (N-methyl/N-ethyl adjacent to an activating group) is 1. The first-order chi connectivity index (χ1) is 11.6. The molecule has 0 amide bonds. The van der Waals surface area contributed by atoms with Crippen molar-refractivity contribution in [2.75, 3.05) is 47.4 Å². The van der Waals surface area contributed by atoms with E-state index in [2.05, 4.69) is 41.5 Å². The van der Waals surface area contributed by atoms with Gasteiger partial charge in [0.25, 0.3) is 0 Å². The van der Waals surface area contributed by atoms with Crippen molar-refractivity contribution in [1.29, 1.82) is 0 Å². The summed E-state index contributed by atoms with van der Waals surface area (Å²) in [4.78, 5) is 6.78. The lowest BCUT2D eigenvalue weighted by molar-refractivity contribution is 0.105. The van der Waals surface area contributed by atoms with Gasteiger partial charge in [0.1, 0.15) is 0 Å². The molecule has 1 atom stereocenters. The molecule has 2 rings (SSSR count). The van der Waals surface area contributed by atoms with Crippen LogP contribution in [0.5, 0.6) is 0 Å². The standard InChI is InChI=1S/C19H38N4O.HI/c1-5-24-13-12-19(10-6-7-11-19)15-22-18(20-2)21-14-17(23(3)4)16-8-9-16;/h16-17H,5-15H2,1-4H3,(H2,20,21,22);1H. The van der Waals surface area contributed by atoms with Crippen LogP contribution >= 0.6 is 24.0 Å². The molecule has 2 fully saturated rings. The molecule has 0 saturated heterocycles.